The van der Waals surface area contributed by atoms with E-state index in [-0.39, 0.29) is 23.5 Å². The van der Waals surface area contributed by atoms with Crippen LogP contribution in [0.5, 0.6) is 0 Å². The number of benzene rings is 2. The Morgan fingerprint density at radius 2 is 1.62 bits per heavy atom. The standard InChI is InChI=1S/C27H31N3O4/c1-19(27(33)29-24-11-6-8-22-9-7-17-28-26(22)24)21-15-13-20(14-16-21)18-23(31)10-4-2-3-5-12-25(32)30-34/h6-9,11,13-17,19,34H,2-5,10,12,18H2,1H3,(H,29,33)(H,30,32). The van der Waals surface area contributed by atoms with E-state index < -0.39 is 0 Å². The second kappa shape index (κ2) is 12.6. The van der Waals surface area contributed by atoms with Crippen molar-refractivity contribution in [3.05, 3.63) is 71.9 Å². The molecule has 0 aliphatic carbocycles. The predicted molar refractivity (Wildman–Crippen MR) is 132 cm³/mol. The van der Waals surface area contributed by atoms with Crippen molar-refractivity contribution in [3.63, 3.8) is 0 Å². The predicted octanol–water partition coefficient (Wildman–Crippen LogP) is 4.93. The lowest BCUT2D eigenvalue weighted by atomic mass is 9.97. The Labute approximate surface area is 199 Å². The molecule has 0 spiro atoms. The van der Waals surface area contributed by atoms with E-state index in [2.05, 4.69) is 10.3 Å². The number of aromatic nitrogens is 1. The molecule has 7 heteroatoms. The fourth-order valence-corrected chi connectivity index (χ4v) is 3.85. The van der Waals surface area contributed by atoms with Gasteiger partial charge < -0.3 is 5.32 Å². The average molecular weight is 462 g/mol. The van der Waals surface area contributed by atoms with Crippen molar-refractivity contribution < 1.29 is 19.6 Å². The van der Waals surface area contributed by atoms with Crippen molar-refractivity contribution in [2.75, 3.05) is 5.32 Å². The number of carbonyl (C=O) groups is 3. The maximum atomic E-state index is 12.8. The summed E-state index contributed by atoms with van der Waals surface area (Å²) in [5, 5.41) is 12.4. The minimum Gasteiger partial charge on any atom is -0.324 e. The molecule has 0 aliphatic rings. The summed E-state index contributed by atoms with van der Waals surface area (Å²) in [6.07, 6.45) is 6.10. The van der Waals surface area contributed by atoms with Crippen molar-refractivity contribution in [2.24, 2.45) is 0 Å². The number of nitrogens with one attached hydrogen (secondary N) is 2. The largest absolute Gasteiger partial charge is 0.324 e. The molecule has 0 aliphatic heterocycles. The molecule has 1 heterocycles. The van der Waals surface area contributed by atoms with Gasteiger partial charge in [-0.05, 0) is 43.0 Å². The van der Waals surface area contributed by atoms with Gasteiger partial charge >= 0.3 is 0 Å². The normalized spacial score (nSPS) is 11.7. The van der Waals surface area contributed by atoms with Crippen molar-refractivity contribution in [1.29, 1.82) is 0 Å². The molecule has 7 nitrogen and oxygen atoms in total. The lowest BCUT2D eigenvalue weighted by Crippen LogP contribution is -2.19. The van der Waals surface area contributed by atoms with Crippen LogP contribution in [0.25, 0.3) is 10.9 Å². The number of ketones is 1. The monoisotopic (exact) mass is 461 g/mol. The van der Waals surface area contributed by atoms with E-state index in [1.165, 1.54) is 0 Å². The van der Waals surface area contributed by atoms with Gasteiger partial charge in [0.1, 0.15) is 5.78 Å². The Kier molecular flexibility index (Phi) is 9.29. The number of nitrogens with zero attached hydrogens (tertiary/aromatic N) is 1. The first-order valence-electron chi connectivity index (χ1n) is 11.7. The van der Waals surface area contributed by atoms with Gasteiger partial charge in [0, 0.05) is 30.8 Å². The minimum atomic E-state index is -0.378. The number of amides is 2. The van der Waals surface area contributed by atoms with Crippen LogP contribution in [0.3, 0.4) is 0 Å². The van der Waals surface area contributed by atoms with Crippen LogP contribution in [0.15, 0.2) is 60.8 Å². The number of carbonyl (C=O) groups excluding carboxylic acids is 3. The van der Waals surface area contributed by atoms with E-state index in [9.17, 15) is 14.4 Å². The molecule has 0 radical (unpaired) electrons. The summed E-state index contributed by atoms with van der Waals surface area (Å²) in [7, 11) is 0. The van der Waals surface area contributed by atoms with Crippen molar-refractivity contribution in [2.45, 2.75) is 57.8 Å². The first-order valence-corrected chi connectivity index (χ1v) is 11.7. The molecule has 1 aromatic heterocycles. The molecule has 1 unspecified atom stereocenters. The number of pyridine rings is 1. The van der Waals surface area contributed by atoms with Crippen molar-refractivity contribution in [3.8, 4) is 0 Å². The Morgan fingerprint density at radius 3 is 2.35 bits per heavy atom. The number of hydrogen-bond acceptors (Lipinski definition) is 5. The van der Waals surface area contributed by atoms with Gasteiger partial charge in [0.2, 0.25) is 11.8 Å². The van der Waals surface area contributed by atoms with E-state index in [4.69, 9.17) is 5.21 Å². The van der Waals surface area contributed by atoms with Crippen LogP contribution in [0.1, 0.15) is 62.5 Å². The molecule has 1 atom stereocenters. The van der Waals surface area contributed by atoms with Crippen LogP contribution >= 0.6 is 0 Å². The Morgan fingerprint density at radius 1 is 0.912 bits per heavy atom. The maximum Gasteiger partial charge on any atom is 0.243 e. The maximum absolute atomic E-state index is 12.8. The van der Waals surface area contributed by atoms with E-state index in [1.807, 2.05) is 61.5 Å². The molecule has 3 N–H and O–H groups in total. The van der Waals surface area contributed by atoms with Gasteiger partial charge in [-0.1, -0.05) is 55.3 Å². The number of hydroxylamine groups is 1. The van der Waals surface area contributed by atoms with Crippen LogP contribution in [0.2, 0.25) is 0 Å². The lowest BCUT2D eigenvalue weighted by Gasteiger charge is -2.14. The molecule has 3 aromatic rings. The van der Waals surface area contributed by atoms with Gasteiger partial charge in [-0.2, -0.15) is 0 Å². The SMILES string of the molecule is CC(C(=O)Nc1cccc2cccnc12)c1ccc(CC(=O)CCCCCCC(=O)NO)cc1. The lowest BCUT2D eigenvalue weighted by molar-refractivity contribution is -0.129. The molecule has 3 rings (SSSR count). The molecule has 0 fully saturated rings. The quantitative estimate of drug-likeness (QED) is 0.201. The van der Waals surface area contributed by atoms with Gasteiger partial charge in [0.15, 0.2) is 0 Å². The molecule has 0 saturated heterocycles. The van der Waals surface area contributed by atoms with Crippen LogP contribution in [-0.4, -0.2) is 27.8 Å². The highest BCUT2D eigenvalue weighted by molar-refractivity contribution is 6.02. The molecular weight excluding hydrogens is 430 g/mol. The number of fused-ring (bicyclic) bond motifs is 1. The highest BCUT2D eigenvalue weighted by Crippen LogP contribution is 2.24. The smallest absolute Gasteiger partial charge is 0.243 e. The zero-order chi connectivity index (χ0) is 24.3. The van der Waals surface area contributed by atoms with E-state index >= 15 is 0 Å². The molecule has 2 amide bonds. The first kappa shape index (κ1) is 25.1. The Hall–Kier alpha value is -3.58. The average Bonchev–Trinajstić information content (AvgIpc) is 2.86. The number of unbranched alkanes of at least 4 members (excludes halogenated alkanes) is 3. The molecule has 0 saturated carbocycles. The third-order valence-corrected chi connectivity index (χ3v) is 5.90. The summed E-state index contributed by atoms with van der Waals surface area (Å²) in [5.41, 5.74) is 4.88. The zero-order valence-electron chi connectivity index (χ0n) is 19.4. The number of Topliss-reactive ketones (excluding diaryl/α,β-unsaturated/α-hetero) is 1. The highest BCUT2D eigenvalue weighted by atomic mass is 16.5. The molecule has 34 heavy (non-hydrogen) atoms. The second-order valence-corrected chi connectivity index (χ2v) is 8.50. The van der Waals surface area contributed by atoms with Crippen LogP contribution in [-0.2, 0) is 20.8 Å². The topological polar surface area (TPSA) is 108 Å². The summed E-state index contributed by atoms with van der Waals surface area (Å²) in [6.45, 7) is 1.86. The number of para-hydroxylation sites is 1. The number of hydrogen-bond donors (Lipinski definition) is 3. The molecule has 0 bridgehead atoms. The summed E-state index contributed by atoms with van der Waals surface area (Å²) in [6, 6.07) is 17.1. The van der Waals surface area contributed by atoms with E-state index in [1.54, 1.807) is 11.7 Å². The minimum absolute atomic E-state index is 0.113. The van der Waals surface area contributed by atoms with Gasteiger partial charge in [0.05, 0.1) is 17.1 Å². The zero-order valence-corrected chi connectivity index (χ0v) is 19.4. The highest BCUT2D eigenvalue weighted by Gasteiger charge is 2.17. The summed E-state index contributed by atoms with van der Waals surface area (Å²) < 4.78 is 0. The third-order valence-electron chi connectivity index (χ3n) is 5.90. The summed E-state index contributed by atoms with van der Waals surface area (Å²) in [4.78, 5) is 40.4. The number of anilines is 1. The van der Waals surface area contributed by atoms with Gasteiger partial charge in [-0.3, -0.25) is 24.6 Å². The summed E-state index contributed by atoms with van der Waals surface area (Å²) in [5.74, 6) is -0.665. The Bertz CT molecular complexity index is 1120. The van der Waals surface area contributed by atoms with Crippen LogP contribution < -0.4 is 10.8 Å². The fraction of sp³-hybridized carbons (Fsp3) is 0.333. The molecule has 178 valence electrons. The third kappa shape index (κ3) is 7.22. The number of rotatable bonds is 12. The van der Waals surface area contributed by atoms with Gasteiger partial charge in [-0.25, -0.2) is 5.48 Å². The molecule has 2 aromatic carbocycles. The first-order chi connectivity index (χ1) is 16.5. The van der Waals surface area contributed by atoms with E-state index in [0.29, 0.717) is 31.4 Å². The van der Waals surface area contributed by atoms with Crippen molar-refractivity contribution in [1.82, 2.24) is 10.5 Å². The van der Waals surface area contributed by atoms with Gasteiger partial charge in [-0.15, -0.1) is 0 Å². The van der Waals surface area contributed by atoms with Gasteiger partial charge in [0.25, 0.3) is 0 Å². The van der Waals surface area contributed by atoms with Crippen LogP contribution in [0.4, 0.5) is 5.69 Å². The fourth-order valence-electron chi connectivity index (χ4n) is 3.85. The van der Waals surface area contributed by atoms with Crippen LogP contribution in [0, 0.1) is 0 Å². The van der Waals surface area contributed by atoms with E-state index in [0.717, 1.165) is 41.3 Å². The summed E-state index contributed by atoms with van der Waals surface area (Å²) >= 11 is 0. The van der Waals surface area contributed by atoms with Crippen molar-refractivity contribution >= 4 is 34.2 Å². The molecular formula is C27H31N3O4. The second-order valence-electron chi connectivity index (χ2n) is 8.50. The Balaban J connectivity index is 1.46.